The minimum atomic E-state index is 0.0852. The van der Waals surface area contributed by atoms with Gasteiger partial charge in [-0.15, -0.1) is 0 Å². The number of amides is 1. The summed E-state index contributed by atoms with van der Waals surface area (Å²) in [6, 6.07) is 5.61. The third-order valence-corrected chi connectivity index (χ3v) is 4.89. The van der Waals surface area contributed by atoms with E-state index in [1.54, 1.807) is 6.07 Å². The third-order valence-electron chi connectivity index (χ3n) is 4.31. The predicted octanol–water partition coefficient (Wildman–Crippen LogP) is 4.37. The molecule has 0 aliphatic carbocycles. The van der Waals surface area contributed by atoms with Crippen LogP contribution in [-0.4, -0.2) is 30.4 Å². The van der Waals surface area contributed by atoms with Gasteiger partial charge >= 0.3 is 0 Å². The summed E-state index contributed by atoms with van der Waals surface area (Å²) >= 11 is 12.2. The largest absolute Gasteiger partial charge is 0.356 e. The van der Waals surface area contributed by atoms with Crippen molar-refractivity contribution in [1.82, 2.24) is 10.2 Å². The second kappa shape index (κ2) is 8.91. The van der Waals surface area contributed by atoms with Crippen LogP contribution in [-0.2, 0) is 11.3 Å². The molecule has 1 aliphatic rings. The summed E-state index contributed by atoms with van der Waals surface area (Å²) in [5, 5.41) is 4.43. The molecule has 1 aliphatic heterocycles. The summed E-state index contributed by atoms with van der Waals surface area (Å²) in [6.07, 6.45) is 3.05. The summed E-state index contributed by atoms with van der Waals surface area (Å²) in [5.74, 6) is 0.893. The first kappa shape index (κ1) is 18.6. The standard InChI is InChI=1S/C18H26Cl2N2O/c1-13(2)7-8-21-18(23)15-4-3-9-22(12-15)11-14-5-6-16(19)10-17(14)20/h5-6,10,13,15H,3-4,7-9,11-12H2,1-2H3,(H,21,23)/t15-/m0/s1. The van der Waals surface area contributed by atoms with Gasteiger partial charge in [-0.1, -0.05) is 43.1 Å². The smallest absolute Gasteiger partial charge is 0.224 e. The van der Waals surface area contributed by atoms with Gasteiger partial charge in [-0.3, -0.25) is 9.69 Å². The van der Waals surface area contributed by atoms with E-state index in [1.807, 2.05) is 12.1 Å². The Morgan fingerprint density at radius 3 is 2.87 bits per heavy atom. The van der Waals surface area contributed by atoms with Gasteiger partial charge in [0.1, 0.15) is 0 Å². The fraction of sp³-hybridized carbons (Fsp3) is 0.611. The van der Waals surface area contributed by atoms with Crippen LogP contribution in [0.3, 0.4) is 0 Å². The highest BCUT2D eigenvalue weighted by Gasteiger charge is 2.25. The van der Waals surface area contributed by atoms with Gasteiger partial charge in [0.25, 0.3) is 0 Å². The molecule has 0 radical (unpaired) electrons. The van der Waals surface area contributed by atoms with Crippen molar-refractivity contribution in [1.29, 1.82) is 0 Å². The summed E-state index contributed by atoms with van der Waals surface area (Å²) < 4.78 is 0. The molecule has 5 heteroatoms. The monoisotopic (exact) mass is 356 g/mol. The van der Waals surface area contributed by atoms with Gasteiger partial charge < -0.3 is 5.32 Å². The Bertz CT molecular complexity index is 534. The second-order valence-corrected chi connectivity index (χ2v) is 7.63. The quantitative estimate of drug-likeness (QED) is 0.820. The zero-order chi connectivity index (χ0) is 16.8. The van der Waals surface area contributed by atoms with Gasteiger partial charge in [0.2, 0.25) is 5.91 Å². The van der Waals surface area contributed by atoms with Crippen LogP contribution in [0.5, 0.6) is 0 Å². The molecule has 1 N–H and O–H groups in total. The normalized spacial score (nSPS) is 19.1. The van der Waals surface area contributed by atoms with Crippen LogP contribution >= 0.6 is 23.2 Å². The van der Waals surface area contributed by atoms with E-state index in [-0.39, 0.29) is 11.8 Å². The molecule has 1 amide bonds. The highest BCUT2D eigenvalue weighted by Crippen LogP contribution is 2.25. The number of nitrogens with one attached hydrogen (secondary N) is 1. The molecule has 3 nitrogen and oxygen atoms in total. The van der Waals surface area contributed by atoms with Crippen LogP contribution in [0.2, 0.25) is 10.0 Å². The number of halogens is 2. The number of carbonyl (C=O) groups is 1. The molecule has 1 heterocycles. The fourth-order valence-corrected chi connectivity index (χ4v) is 3.40. The van der Waals surface area contributed by atoms with Crippen molar-refractivity contribution in [2.45, 2.75) is 39.7 Å². The number of likely N-dealkylation sites (tertiary alicyclic amines) is 1. The second-order valence-electron chi connectivity index (χ2n) is 6.78. The molecular weight excluding hydrogens is 331 g/mol. The molecule has 0 saturated carbocycles. The van der Waals surface area contributed by atoms with Crippen molar-refractivity contribution in [3.63, 3.8) is 0 Å². The van der Waals surface area contributed by atoms with E-state index in [2.05, 4.69) is 24.1 Å². The number of carbonyl (C=O) groups excluding carboxylic acids is 1. The molecule has 1 atom stereocenters. The van der Waals surface area contributed by atoms with Crippen LogP contribution in [0.15, 0.2) is 18.2 Å². The zero-order valence-corrected chi connectivity index (χ0v) is 15.5. The van der Waals surface area contributed by atoms with E-state index >= 15 is 0 Å². The Morgan fingerprint density at radius 1 is 1.39 bits per heavy atom. The van der Waals surface area contributed by atoms with Crippen molar-refractivity contribution in [3.8, 4) is 0 Å². The summed E-state index contributed by atoms with van der Waals surface area (Å²) in [4.78, 5) is 14.6. The Kier molecular flexibility index (Phi) is 7.19. The van der Waals surface area contributed by atoms with Crippen molar-refractivity contribution >= 4 is 29.1 Å². The van der Waals surface area contributed by atoms with Gasteiger partial charge in [0.15, 0.2) is 0 Å². The number of piperidine rings is 1. The van der Waals surface area contributed by atoms with E-state index < -0.39 is 0 Å². The lowest BCUT2D eigenvalue weighted by Gasteiger charge is -2.32. The zero-order valence-electron chi connectivity index (χ0n) is 13.9. The van der Waals surface area contributed by atoms with E-state index in [0.717, 1.165) is 51.0 Å². The first-order valence-corrected chi connectivity index (χ1v) is 9.15. The maximum Gasteiger partial charge on any atom is 0.224 e. The average Bonchev–Trinajstić information content (AvgIpc) is 2.50. The molecule has 1 fully saturated rings. The predicted molar refractivity (Wildman–Crippen MR) is 96.9 cm³/mol. The Labute approximate surface area is 149 Å². The molecule has 1 aromatic carbocycles. The molecule has 128 valence electrons. The van der Waals surface area contributed by atoms with Gasteiger partial charge in [-0.2, -0.15) is 0 Å². The van der Waals surface area contributed by atoms with Gasteiger partial charge in [0, 0.05) is 29.7 Å². The SMILES string of the molecule is CC(C)CCNC(=O)[C@H]1CCCN(Cc2ccc(Cl)cc2Cl)C1. The maximum absolute atomic E-state index is 12.3. The Hall–Kier alpha value is -0.770. The van der Waals surface area contributed by atoms with E-state index in [1.165, 1.54) is 0 Å². The minimum absolute atomic E-state index is 0.0852. The fourth-order valence-electron chi connectivity index (χ4n) is 2.93. The van der Waals surface area contributed by atoms with Crippen LogP contribution in [0.4, 0.5) is 0 Å². The molecular formula is C18H26Cl2N2O. The first-order valence-electron chi connectivity index (χ1n) is 8.39. The van der Waals surface area contributed by atoms with Crippen molar-refractivity contribution in [2.75, 3.05) is 19.6 Å². The van der Waals surface area contributed by atoms with Gasteiger partial charge in [-0.05, 0) is 49.4 Å². The summed E-state index contributed by atoms with van der Waals surface area (Å²) in [5.41, 5.74) is 1.07. The number of benzene rings is 1. The first-order chi connectivity index (χ1) is 11.0. The number of hydrogen-bond acceptors (Lipinski definition) is 2. The van der Waals surface area contributed by atoms with Crippen LogP contribution < -0.4 is 5.32 Å². The van der Waals surface area contributed by atoms with Gasteiger partial charge in [0.05, 0.1) is 5.92 Å². The molecule has 0 unspecified atom stereocenters. The van der Waals surface area contributed by atoms with Crippen molar-refractivity contribution in [2.24, 2.45) is 11.8 Å². The van der Waals surface area contributed by atoms with Crippen molar-refractivity contribution < 1.29 is 4.79 Å². The maximum atomic E-state index is 12.3. The molecule has 2 rings (SSSR count). The van der Waals surface area contributed by atoms with E-state index in [0.29, 0.717) is 16.0 Å². The molecule has 1 aromatic rings. The molecule has 0 bridgehead atoms. The van der Waals surface area contributed by atoms with Crippen LogP contribution in [0.1, 0.15) is 38.7 Å². The summed E-state index contributed by atoms with van der Waals surface area (Å²) in [6.45, 7) is 7.69. The van der Waals surface area contributed by atoms with Crippen LogP contribution in [0.25, 0.3) is 0 Å². The third kappa shape index (κ3) is 5.98. The van der Waals surface area contributed by atoms with Gasteiger partial charge in [-0.25, -0.2) is 0 Å². The number of rotatable bonds is 6. The summed E-state index contributed by atoms with van der Waals surface area (Å²) in [7, 11) is 0. The highest BCUT2D eigenvalue weighted by atomic mass is 35.5. The van der Waals surface area contributed by atoms with E-state index in [9.17, 15) is 4.79 Å². The molecule has 0 spiro atoms. The lowest BCUT2D eigenvalue weighted by Crippen LogP contribution is -2.43. The number of hydrogen-bond donors (Lipinski definition) is 1. The topological polar surface area (TPSA) is 32.3 Å². The average molecular weight is 357 g/mol. The number of nitrogens with zero attached hydrogens (tertiary/aromatic N) is 1. The highest BCUT2D eigenvalue weighted by molar-refractivity contribution is 6.35. The minimum Gasteiger partial charge on any atom is -0.356 e. The lowest BCUT2D eigenvalue weighted by molar-refractivity contribution is -0.126. The Morgan fingerprint density at radius 2 is 2.17 bits per heavy atom. The van der Waals surface area contributed by atoms with Crippen LogP contribution in [0, 0.1) is 11.8 Å². The van der Waals surface area contributed by atoms with Crippen molar-refractivity contribution in [3.05, 3.63) is 33.8 Å². The van der Waals surface area contributed by atoms with E-state index in [4.69, 9.17) is 23.2 Å². The molecule has 0 aromatic heterocycles. The lowest BCUT2D eigenvalue weighted by atomic mass is 9.96. The molecule has 23 heavy (non-hydrogen) atoms. The molecule has 1 saturated heterocycles. The Balaban J connectivity index is 1.86.